The normalized spacial score (nSPS) is 29.4. The van der Waals surface area contributed by atoms with Gasteiger partial charge in [0.15, 0.2) is 0 Å². The van der Waals surface area contributed by atoms with Crippen LogP contribution in [-0.4, -0.2) is 49.1 Å². The summed E-state index contributed by atoms with van der Waals surface area (Å²) in [5.41, 5.74) is 0. The predicted molar refractivity (Wildman–Crippen MR) is 71.6 cm³/mol. The van der Waals surface area contributed by atoms with Crippen LogP contribution < -0.4 is 5.32 Å². The summed E-state index contributed by atoms with van der Waals surface area (Å²) < 4.78 is 5.10. The van der Waals surface area contributed by atoms with Crippen molar-refractivity contribution in [3.05, 3.63) is 0 Å². The molecule has 0 aromatic rings. The molecule has 0 aromatic heterocycles. The van der Waals surface area contributed by atoms with Crippen LogP contribution in [0.3, 0.4) is 0 Å². The first-order chi connectivity index (χ1) is 9.22. The Bertz CT molecular complexity index is 333. The van der Waals surface area contributed by atoms with Crippen molar-refractivity contribution in [2.75, 3.05) is 26.2 Å². The molecular weight excluding hydrogens is 244 g/mol. The van der Waals surface area contributed by atoms with Gasteiger partial charge in [0.1, 0.15) is 0 Å². The molecule has 0 aliphatic carbocycles. The SMILES string of the molecule is CCOC(=O)[C@H]1CCCN(C2CCCCNC2=O)C1. The molecule has 2 heterocycles. The van der Waals surface area contributed by atoms with E-state index in [-0.39, 0.29) is 23.8 Å². The van der Waals surface area contributed by atoms with Gasteiger partial charge >= 0.3 is 5.97 Å². The highest BCUT2D eigenvalue weighted by Gasteiger charge is 2.33. The van der Waals surface area contributed by atoms with E-state index in [2.05, 4.69) is 10.2 Å². The second-order valence-corrected chi connectivity index (χ2v) is 5.39. The Kier molecular flexibility index (Phi) is 5.19. The zero-order valence-corrected chi connectivity index (χ0v) is 11.7. The molecule has 5 nitrogen and oxygen atoms in total. The molecule has 0 bridgehead atoms. The van der Waals surface area contributed by atoms with Crippen LogP contribution in [0, 0.1) is 5.92 Å². The van der Waals surface area contributed by atoms with Crippen molar-refractivity contribution in [1.29, 1.82) is 0 Å². The molecule has 108 valence electrons. The Balaban J connectivity index is 1.95. The van der Waals surface area contributed by atoms with Gasteiger partial charge in [-0.2, -0.15) is 0 Å². The van der Waals surface area contributed by atoms with Crippen molar-refractivity contribution in [3.8, 4) is 0 Å². The number of hydrogen-bond acceptors (Lipinski definition) is 4. The highest BCUT2D eigenvalue weighted by atomic mass is 16.5. The van der Waals surface area contributed by atoms with Crippen LogP contribution in [0.5, 0.6) is 0 Å². The number of nitrogens with zero attached hydrogens (tertiary/aromatic N) is 1. The third-order valence-corrected chi connectivity index (χ3v) is 4.02. The fourth-order valence-electron chi connectivity index (χ4n) is 3.01. The second kappa shape index (κ2) is 6.89. The number of carbonyl (C=O) groups is 2. The van der Waals surface area contributed by atoms with Crippen molar-refractivity contribution < 1.29 is 14.3 Å². The van der Waals surface area contributed by atoms with Gasteiger partial charge < -0.3 is 10.1 Å². The number of nitrogens with one attached hydrogen (secondary N) is 1. The molecule has 19 heavy (non-hydrogen) atoms. The number of esters is 1. The summed E-state index contributed by atoms with van der Waals surface area (Å²) in [6, 6.07) is -0.0558. The van der Waals surface area contributed by atoms with Crippen LogP contribution in [-0.2, 0) is 14.3 Å². The van der Waals surface area contributed by atoms with E-state index >= 15 is 0 Å². The quantitative estimate of drug-likeness (QED) is 0.774. The Hall–Kier alpha value is -1.10. The maximum atomic E-state index is 12.0. The van der Waals surface area contributed by atoms with E-state index in [0.29, 0.717) is 13.2 Å². The fourth-order valence-corrected chi connectivity index (χ4v) is 3.01. The van der Waals surface area contributed by atoms with E-state index in [0.717, 1.165) is 45.2 Å². The molecule has 0 spiro atoms. The maximum absolute atomic E-state index is 12.0. The molecule has 5 heteroatoms. The number of carbonyl (C=O) groups excluding carboxylic acids is 2. The van der Waals surface area contributed by atoms with E-state index in [9.17, 15) is 9.59 Å². The Labute approximate surface area is 114 Å². The first kappa shape index (κ1) is 14.3. The monoisotopic (exact) mass is 268 g/mol. The van der Waals surface area contributed by atoms with Gasteiger partial charge in [-0.1, -0.05) is 0 Å². The van der Waals surface area contributed by atoms with Gasteiger partial charge in [0.05, 0.1) is 18.6 Å². The molecule has 2 rings (SSSR count). The van der Waals surface area contributed by atoms with Gasteiger partial charge in [0.2, 0.25) is 5.91 Å². The number of hydrogen-bond donors (Lipinski definition) is 1. The topological polar surface area (TPSA) is 58.6 Å². The summed E-state index contributed by atoms with van der Waals surface area (Å²) in [7, 11) is 0. The lowest BCUT2D eigenvalue weighted by Gasteiger charge is -2.36. The third-order valence-electron chi connectivity index (χ3n) is 4.02. The first-order valence-corrected chi connectivity index (χ1v) is 7.40. The summed E-state index contributed by atoms with van der Waals surface area (Å²) in [5, 5.41) is 2.96. The molecule has 2 fully saturated rings. The summed E-state index contributed by atoms with van der Waals surface area (Å²) in [5.74, 6) is -0.0482. The Morgan fingerprint density at radius 1 is 1.37 bits per heavy atom. The number of rotatable bonds is 3. The van der Waals surface area contributed by atoms with Crippen LogP contribution >= 0.6 is 0 Å². The van der Waals surface area contributed by atoms with Gasteiger partial charge in [-0.25, -0.2) is 0 Å². The highest BCUT2D eigenvalue weighted by molar-refractivity contribution is 5.82. The van der Waals surface area contributed by atoms with Crippen molar-refractivity contribution >= 4 is 11.9 Å². The van der Waals surface area contributed by atoms with Gasteiger partial charge in [-0.05, 0) is 45.6 Å². The second-order valence-electron chi connectivity index (χ2n) is 5.39. The van der Waals surface area contributed by atoms with Gasteiger partial charge in [0.25, 0.3) is 0 Å². The van der Waals surface area contributed by atoms with E-state index in [1.165, 1.54) is 0 Å². The van der Waals surface area contributed by atoms with Gasteiger partial charge in [0, 0.05) is 13.1 Å². The Morgan fingerprint density at radius 3 is 3.00 bits per heavy atom. The summed E-state index contributed by atoms with van der Waals surface area (Å²) in [6.45, 7) is 4.62. The highest BCUT2D eigenvalue weighted by Crippen LogP contribution is 2.22. The zero-order valence-electron chi connectivity index (χ0n) is 11.7. The molecule has 0 aromatic carbocycles. The van der Waals surface area contributed by atoms with Gasteiger partial charge in [-0.3, -0.25) is 14.5 Å². The minimum Gasteiger partial charge on any atom is -0.466 e. The zero-order chi connectivity index (χ0) is 13.7. The lowest BCUT2D eigenvalue weighted by Crippen LogP contribution is -2.51. The molecule has 2 saturated heterocycles. The van der Waals surface area contributed by atoms with E-state index in [1.807, 2.05) is 6.92 Å². The minimum atomic E-state index is -0.110. The van der Waals surface area contributed by atoms with E-state index in [1.54, 1.807) is 0 Å². The van der Waals surface area contributed by atoms with Crippen LogP contribution in [0.2, 0.25) is 0 Å². The lowest BCUT2D eigenvalue weighted by molar-refractivity contribution is -0.151. The fraction of sp³-hybridized carbons (Fsp3) is 0.857. The average Bonchev–Trinajstić information content (AvgIpc) is 2.64. The van der Waals surface area contributed by atoms with E-state index in [4.69, 9.17) is 4.74 Å². The average molecular weight is 268 g/mol. The summed E-state index contributed by atoms with van der Waals surface area (Å²) in [6.07, 6.45) is 4.87. The maximum Gasteiger partial charge on any atom is 0.310 e. The molecule has 0 saturated carbocycles. The van der Waals surface area contributed by atoms with Crippen molar-refractivity contribution in [2.24, 2.45) is 5.92 Å². The molecule has 1 amide bonds. The summed E-state index contributed by atoms with van der Waals surface area (Å²) in [4.78, 5) is 26.0. The molecular formula is C14H24N2O3. The van der Waals surface area contributed by atoms with E-state index < -0.39 is 0 Å². The largest absolute Gasteiger partial charge is 0.466 e. The van der Waals surface area contributed by atoms with Crippen LogP contribution in [0.4, 0.5) is 0 Å². The van der Waals surface area contributed by atoms with Crippen molar-refractivity contribution in [1.82, 2.24) is 10.2 Å². The predicted octanol–water partition coefficient (Wildman–Crippen LogP) is 0.930. The Morgan fingerprint density at radius 2 is 2.21 bits per heavy atom. The molecule has 1 unspecified atom stereocenters. The summed E-state index contributed by atoms with van der Waals surface area (Å²) >= 11 is 0. The van der Waals surface area contributed by atoms with Crippen molar-refractivity contribution in [3.63, 3.8) is 0 Å². The standard InChI is InChI=1S/C14H24N2O3/c1-2-19-14(18)11-6-5-9-16(10-11)12-7-3-4-8-15-13(12)17/h11-12H,2-10H2,1H3,(H,15,17)/t11-,12?/m0/s1. The minimum absolute atomic E-state index is 0.0558. The van der Waals surface area contributed by atoms with Gasteiger partial charge in [-0.15, -0.1) is 0 Å². The molecule has 2 aliphatic rings. The number of likely N-dealkylation sites (tertiary alicyclic amines) is 1. The molecule has 0 radical (unpaired) electrons. The third kappa shape index (κ3) is 3.69. The first-order valence-electron chi connectivity index (χ1n) is 7.40. The van der Waals surface area contributed by atoms with Crippen molar-refractivity contribution in [2.45, 2.75) is 45.1 Å². The molecule has 1 N–H and O–H groups in total. The van der Waals surface area contributed by atoms with Crippen LogP contribution in [0.1, 0.15) is 39.0 Å². The molecule has 2 atom stereocenters. The lowest BCUT2D eigenvalue weighted by atomic mass is 9.95. The molecule has 2 aliphatic heterocycles. The van der Waals surface area contributed by atoms with Crippen LogP contribution in [0.15, 0.2) is 0 Å². The smallest absolute Gasteiger partial charge is 0.310 e. The number of ether oxygens (including phenoxy) is 1. The van der Waals surface area contributed by atoms with Crippen LogP contribution in [0.25, 0.3) is 0 Å². The number of amides is 1. The number of piperidine rings is 1.